The molecule has 4 aromatic rings. The second-order valence-corrected chi connectivity index (χ2v) is 8.35. The lowest BCUT2D eigenvalue weighted by atomic mass is 10.1. The van der Waals surface area contributed by atoms with Gasteiger partial charge in [-0.3, -0.25) is 9.35 Å². The normalized spacial score (nSPS) is 12.3. The van der Waals surface area contributed by atoms with E-state index in [1.165, 1.54) is 30.3 Å². The minimum Gasteiger partial charge on any atom is -0.481 e. The van der Waals surface area contributed by atoms with Crippen LogP contribution in [0.1, 0.15) is 11.1 Å². The van der Waals surface area contributed by atoms with E-state index in [1.54, 1.807) is 36.4 Å². The van der Waals surface area contributed by atoms with Gasteiger partial charge in [-0.25, -0.2) is 8.51 Å². The summed E-state index contributed by atoms with van der Waals surface area (Å²) in [5, 5.41) is 10.2. The molecule has 1 unspecified atom stereocenters. The Morgan fingerprint density at radius 1 is 0.914 bits per heavy atom. The van der Waals surface area contributed by atoms with E-state index in [9.17, 15) is 26.7 Å². The van der Waals surface area contributed by atoms with Crippen LogP contribution in [-0.4, -0.2) is 19.8 Å². The summed E-state index contributed by atoms with van der Waals surface area (Å²) in [6, 6.07) is 20.5. The van der Waals surface area contributed by atoms with Crippen molar-refractivity contribution in [1.82, 2.24) is 0 Å². The second-order valence-electron chi connectivity index (χ2n) is 7.52. The topological polar surface area (TPSA) is 87.1 Å². The van der Waals surface area contributed by atoms with Crippen LogP contribution in [-0.2, 0) is 28.7 Å². The third-order valence-electron chi connectivity index (χ3n) is 5.15. The number of ether oxygens (including phenoxy) is 1. The van der Waals surface area contributed by atoms with E-state index in [2.05, 4.69) is 0 Å². The first-order valence-electron chi connectivity index (χ1n) is 10.2. The molecule has 35 heavy (non-hydrogen) atoms. The van der Waals surface area contributed by atoms with Gasteiger partial charge in [0.05, 0.1) is 17.7 Å². The third-order valence-corrected chi connectivity index (χ3v) is 5.86. The molecule has 0 aromatic heterocycles. The zero-order chi connectivity index (χ0) is 25.2. The highest BCUT2D eigenvalue weighted by atomic mass is 32.2. The largest absolute Gasteiger partial charge is 0.481 e. The Labute approximate surface area is 200 Å². The van der Waals surface area contributed by atoms with E-state index in [4.69, 9.17) is 9.84 Å². The Bertz CT molecular complexity index is 1400. The lowest BCUT2D eigenvalue weighted by Crippen LogP contribution is -2.21. The van der Waals surface area contributed by atoms with E-state index in [-0.39, 0.29) is 29.3 Å². The van der Waals surface area contributed by atoms with Crippen LogP contribution in [0.4, 0.5) is 24.5 Å². The summed E-state index contributed by atoms with van der Waals surface area (Å²) < 4.78 is 70.0. The molecule has 10 heteroatoms. The second kappa shape index (κ2) is 9.77. The molecule has 0 aliphatic heterocycles. The van der Waals surface area contributed by atoms with Crippen LogP contribution in [0, 0.1) is 0 Å². The number of carboxylic acid groups (broad SMARTS) is 1. The lowest BCUT2D eigenvalue weighted by molar-refractivity contribution is -0.138. The van der Waals surface area contributed by atoms with Crippen molar-refractivity contribution >= 4 is 39.4 Å². The maximum atomic E-state index is 13.5. The quantitative estimate of drug-likeness (QED) is 0.280. The zero-order valence-corrected chi connectivity index (χ0v) is 18.7. The van der Waals surface area contributed by atoms with Gasteiger partial charge >= 0.3 is 12.1 Å². The number of hydrogen-bond acceptors (Lipinski definition) is 3. The molecule has 1 atom stereocenters. The number of benzene rings is 4. The summed E-state index contributed by atoms with van der Waals surface area (Å²) in [5.41, 5.74) is -0.574. The minimum absolute atomic E-state index is 0.0979. The Morgan fingerprint density at radius 3 is 2.26 bits per heavy atom. The first-order valence-corrected chi connectivity index (χ1v) is 11.3. The highest BCUT2D eigenvalue weighted by molar-refractivity contribution is 7.81. The minimum atomic E-state index is -4.70. The molecule has 0 saturated carbocycles. The number of hydrogen-bond donors (Lipinski definition) is 2. The first kappa shape index (κ1) is 24.2. The van der Waals surface area contributed by atoms with E-state index >= 15 is 0 Å². The molecule has 6 nitrogen and oxygen atoms in total. The van der Waals surface area contributed by atoms with Gasteiger partial charge in [0.25, 0.3) is 11.3 Å². The van der Waals surface area contributed by atoms with Crippen molar-refractivity contribution in [2.24, 2.45) is 0 Å². The van der Waals surface area contributed by atoms with Gasteiger partial charge in [-0.1, -0.05) is 48.5 Å². The van der Waals surface area contributed by atoms with Crippen molar-refractivity contribution in [2.75, 3.05) is 4.31 Å². The van der Waals surface area contributed by atoms with Gasteiger partial charge in [0.1, 0.15) is 11.4 Å². The standard InChI is InChI=1S/C25H18F3NO5S/c26-25(27,28)18-10-13-23(34-19-11-8-16(9-12-19)14-24(30)31)22(15-18)29(35(32)33)21-7-3-5-17-4-1-2-6-20(17)21/h1-13,15H,14H2,(H,30,31)(H,32,33). The molecule has 0 radical (unpaired) electrons. The van der Waals surface area contributed by atoms with E-state index < -0.39 is 29.0 Å². The van der Waals surface area contributed by atoms with Gasteiger partial charge in [0, 0.05) is 5.39 Å². The van der Waals surface area contributed by atoms with Gasteiger partial charge in [-0.2, -0.15) is 13.2 Å². The zero-order valence-electron chi connectivity index (χ0n) is 17.9. The average molecular weight is 501 g/mol. The molecule has 0 heterocycles. The number of halogens is 3. The highest BCUT2D eigenvalue weighted by Crippen LogP contribution is 2.43. The molecule has 180 valence electrons. The first-order chi connectivity index (χ1) is 16.6. The molecule has 4 aromatic carbocycles. The molecular weight excluding hydrogens is 483 g/mol. The Morgan fingerprint density at radius 2 is 1.60 bits per heavy atom. The Kier molecular flexibility index (Phi) is 6.77. The van der Waals surface area contributed by atoms with Crippen LogP contribution in [0.3, 0.4) is 0 Å². The number of aliphatic carboxylic acids is 1. The SMILES string of the molecule is O=C(O)Cc1ccc(Oc2ccc(C(F)(F)F)cc2N(c2cccc3ccccc23)S(=O)O)cc1. The van der Waals surface area contributed by atoms with Crippen molar-refractivity contribution in [3.8, 4) is 11.5 Å². The lowest BCUT2D eigenvalue weighted by Gasteiger charge is -2.25. The molecule has 0 bridgehead atoms. The number of alkyl halides is 3. The van der Waals surface area contributed by atoms with Crippen LogP contribution in [0.25, 0.3) is 10.8 Å². The van der Waals surface area contributed by atoms with Crippen molar-refractivity contribution in [1.29, 1.82) is 0 Å². The van der Waals surface area contributed by atoms with Crippen LogP contribution in [0.15, 0.2) is 84.9 Å². The van der Waals surface area contributed by atoms with Gasteiger partial charge in [0.15, 0.2) is 5.75 Å². The predicted octanol–water partition coefficient (Wildman–Crippen LogP) is 6.55. The Balaban J connectivity index is 1.84. The van der Waals surface area contributed by atoms with Crippen molar-refractivity contribution < 1.29 is 36.6 Å². The molecule has 4 rings (SSSR count). The fourth-order valence-electron chi connectivity index (χ4n) is 3.60. The molecule has 0 amide bonds. The van der Waals surface area contributed by atoms with E-state index in [1.807, 2.05) is 0 Å². The summed E-state index contributed by atoms with van der Waals surface area (Å²) >= 11 is -2.75. The number of carboxylic acids is 1. The molecule has 2 N–H and O–H groups in total. The summed E-state index contributed by atoms with van der Waals surface area (Å²) in [6.45, 7) is 0. The molecular formula is C25H18F3NO5S. The number of rotatable bonds is 7. The van der Waals surface area contributed by atoms with Gasteiger partial charge in [0.2, 0.25) is 0 Å². The smallest absolute Gasteiger partial charge is 0.416 e. The van der Waals surface area contributed by atoms with Gasteiger partial charge < -0.3 is 9.84 Å². The van der Waals surface area contributed by atoms with E-state index in [0.717, 1.165) is 27.9 Å². The van der Waals surface area contributed by atoms with Crippen LogP contribution >= 0.6 is 0 Å². The van der Waals surface area contributed by atoms with Crippen molar-refractivity contribution in [2.45, 2.75) is 12.6 Å². The summed E-state index contributed by atoms with van der Waals surface area (Å²) in [6.07, 6.45) is -4.91. The monoisotopic (exact) mass is 501 g/mol. The van der Waals surface area contributed by atoms with Crippen LogP contribution in [0.5, 0.6) is 11.5 Å². The van der Waals surface area contributed by atoms with Crippen molar-refractivity contribution in [3.63, 3.8) is 0 Å². The maximum Gasteiger partial charge on any atom is 0.416 e. The molecule has 0 aliphatic carbocycles. The maximum absolute atomic E-state index is 13.5. The van der Waals surface area contributed by atoms with Gasteiger partial charge in [-0.05, 0) is 47.3 Å². The fraction of sp³-hybridized carbons (Fsp3) is 0.0800. The summed E-state index contributed by atoms with van der Waals surface area (Å²) in [7, 11) is 0. The number of anilines is 2. The number of nitrogens with zero attached hydrogens (tertiary/aromatic N) is 1. The van der Waals surface area contributed by atoms with Gasteiger partial charge in [-0.15, -0.1) is 0 Å². The number of carbonyl (C=O) groups is 1. The van der Waals surface area contributed by atoms with E-state index in [0.29, 0.717) is 10.9 Å². The summed E-state index contributed by atoms with van der Waals surface area (Å²) in [4.78, 5) is 10.9. The van der Waals surface area contributed by atoms with Crippen LogP contribution in [0.2, 0.25) is 0 Å². The average Bonchev–Trinajstić information content (AvgIpc) is 2.80. The molecule has 0 spiro atoms. The predicted molar refractivity (Wildman–Crippen MR) is 126 cm³/mol. The fourth-order valence-corrected chi connectivity index (χ4v) is 4.24. The molecule has 0 fully saturated rings. The third kappa shape index (κ3) is 5.44. The van der Waals surface area contributed by atoms with Crippen molar-refractivity contribution in [3.05, 3.63) is 96.1 Å². The summed E-state index contributed by atoms with van der Waals surface area (Å²) in [5.74, 6) is -0.902. The Hall–Kier alpha value is -3.89. The molecule has 0 aliphatic rings. The molecule has 0 saturated heterocycles. The number of fused-ring (bicyclic) bond motifs is 1. The highest BCUT2D eigenvalue weighted by Gasteiger charge is 2.33. The van der Waals surface area contributed by atoms with Crippen LogP contribution < -0.4 is 9.04 Å².